The molecule has 0 radical (unpaired) electrons. The van der Waals surface area contributed by atoms with E-state index in [1.54, 1.807) is 0 Å². The summed E-state index contributed by atoms with van der Waals surface area (Å²) >= 11 is 1.83. The highest BCUT2D eigenvalue weighted by molar-refractivity contribution is 8.00. The molecule has 1 rings (SSSR count). The van der Waals surface area contributed by atoms with Crippen LogP contribution in [-0.2, 0) is 4.74 Å². The van der Waals surface area contributed by atoms with E-state index < -0.39 is 0 Å². The molecule has 13 heavy (non-hydrogen) atoms. The van der Waals surface area contributed by atoms with Gasteiger partial charge in [0.1, 0.15) is 0 Å². The van der Waals surface area contributed by atoms with Gasteiger partial charge in [0, 0.05) is 24.5 Å². The first-order valence-corrected chi connectivity index (χ1v) is 5.84. The molecule has 0 aromatic rings. The molecule has 3 unspecified atom stereocenters. The molecular formula is C9H19NO2S. The van der Waals surface area contributed by atoms with Gasteiger partial charge in [0.25, 0.3) is 0 Å². The molecule has 1 fully saturated rings. The summed E-state index contributed by atoms with van der Waals surface area (Å²) in [5.41, 5.74) is 5.94. The highest BCUT2D eigenvalue weighted by Crippen LogP contribution is 2.22. The average Bonchev–Trinajstić information content (AvgIpc) is 2.16. The second kappa shape index (κ2) is 5.86. The lowest BCUT2D eigenvalue weighted by Crippen LogP contribution is -2.41. The van der Waals surface area contributed by atoms with Gasteiger partial charge in [-0.3, -0.25) is 0 Å². The summed E-state index contributed by atoms with van der Waals surface area (Å²) in [6.45, 7) is 3.87. The molecule has 0 bridgehead atoms. The zero-order valence-electron chi connectivity index (χ0n) is 8.11. The fraction of sp³-hybridized carbons (Fsp3) is 1.00. The van der Waals surface area contributed by atoms with Crippen LogP contribution >= 0.6 is 11.8 Å². The van der Waals surface area contributed by atoms with Crippen LogP contribution in [0.2, 0.25) is 0 Å². The van der Waals surface area contributed by atoms with Crippen LogP contribution < -0.4 is 5.73 Å². The standard InChI is InChI=1S/C9H19NO2S/c1-7(4-11)6-13-9-5-12-3-2-8(9)10/h7-9,11H,2-6,10H2,1H3. The Bertz CT molecular complexity index is 146. The Balaban J connectivity index is 2.18. The van der Waals surface area contributed by atoms with Crippen LogP contribution in [-0.4, -0.2) is 42.0 Å². The minimum atomic E-state index is 0.260. The molecule has 3 N–H and O–H groups in total. The summed E-state index contributed by atoms with van der Waals surface area (Å²) in [7, 11) is 0. The number of nitrogens with two attached hydrogens (primary N) is 1. The van der Waals surface area contributed by atoms with Crippen molar-refractivity contribution in [3.8, 4) is 0 Å². The van der Waals surface area contributed by atoms with Gasteiger partial charge in [-0.15, -0.1) is 0 Å². The molecule has 4 heteroatoms. The summed E-state index contributed by atoms with van der Waals surface area (Å²) in [5, 5.41) is 9.27. The van der Waals surface area contributed by atoms with Crippen LogP contribution in [0.15, 0.2) is 0 Å². The molecule has 0 aromatic carbocycles. The van der Waals surface area contributed by atoms with E-state index in [9.17, 15) is 0 Å². The quantitative estimate of drug-likeness (QED) is 0.700. The highest BCUT2D eigenvalue weighted by atomic mass is 32.2. The van der Waals surface area contributed by atoms with Crippen molar-refractivity contribution >= 4 is 11.8 Å². The van der Waals surface area contributed by atoms with Crippen LogP contribution in [0, 0.1) is 5.92 Å². The molecule has 0 saturated carbocycles. The Kier molecular flexibility index (Phi) is 5.09. The SMILES string of the molecule is CC(CO)CSC1COCCC1N. The zero-order valence-corrected chi connectivity index (χ0v) is 8.93. The Morgan fingerprint density at radius 2 is 2.46 bits per heavy atom. The Morgan fingerprint density at radius 1 is 1.69 bits per heavy atom. The van der Waals surface area contributed by atoms with Crippen molar-refractivity contribution in [1.82, 2.24) is 0 Å². The molecule has 3 nitrogen and oxygen atoms in total. The molecular weight excluding hydrogens is 186 g/mol. The first-order chi connectivity index (χ1) is 6.24. The minimum absolute atomic E-state index is 0.260. The van der Waals surface area contributed by atoms with Crippen molar-refractivity contribution in [3.05, 3.63) is 0 Å². The van der Waals surface area contributed by atoms with Crippen molar-refractivity contribution < 1.29 is 9.84 Å². The molecule has 0 spiro atoms. The second-order valence-corrected chi connectivity index (χ2v) is 4.96. The Labute approximate surface area is 84.0 Å². The number of ether oxygens (including phenoxy) is 1. The van der Waals surface area contributed by atoms with E-state index in [-0.39, 0.29) is 12.6 Å². The van der Waals surface area contributed by atoms with Gasteiger partial charge in [-0.05, 0) is 18.1 Å². The van der Waals surface area contributed by atoms with Gasteiger partial charge >= 0.3 is 0 Å². The number of rotatable bonds is 4. The lowest BCUT2D eigenvalue weighted by molar-refractivity contribution is 0.0915. The molecule has 1 saturated heterocycles. The van der Waals surface area contributed by atoms with E-state index in [0.717, 1.165) is 25.4 Å². The third-order valence-electron chi connectivity index (χ3n) is 2.26. The van der Waals surface area contributed by atoms with E-state index in [1.165, 1.54) is 0 Å². The van der Waals surface area contributed by atoms with Gasteiger partial charge in [0.15, 0.2) is 0 Å². The minimum Gasteiger partial charge on any atom is -0.396 e. The van der Waals surface area contributed by atoms with Gasteiger partial charge in [-0.2, -0.15) is 11.8 Å². The molecule has 0 aliphatic carbocycles. The van der Waals surface area contributed by atoms with Crippen molar-refractivity contribution in [2.24, 2.45) is 11.7 Å². The highest BCUT2D eigenvalue weighted by Gasteiger charge is 2.22. The molecule has 1 heterocycles. The summed E-state index contributed by atoms with van der Waals surface area (Å²) in [6, 6.07) is 0.268. The summed E-state index contributed by atoms with van der Waals surface area (Å²) < 4.78 is 5.36. The summed E-state index contributed by atoms with van der Waals surface area (Å²) in [4.78, 5) is 0. The first-order valence-electron chi connectivity index (χ1n) is 4.79. The molecule has 1 aliphatic rings. The molecule has 78 valence electrons. The van der Waals surface area contributed by atoms with E-state index in [1.807, 2.05) is 18.7 Å². The second-order valence-electron chi connectivity index (χ2n) is 3.69. The smallest absolute Gasteiger partial charge is 0.0600 e. The number of aliphatic hydroxyl groups is 1. The van der Waals surface area contributed by atoms with Crippen LogP contribution in [0.5, 0.6) is 0 Å². The Hall–Kier alpha value is 0.230. The molecule has 0 aromatic heterocycles. The number of hydrogen-bond acceptors (Lipinski definition) is 4. The predicted octanol–water partition coefficient (Wildman–Crippen LogP) is 0.464. The van der Waals surface area contributed by atoms with Crippen LogP contribution in [0.3, 0.4) is 0 Å². The molecule has 3 atom stereocenters. The van der Waals surface area contributed by atoms with Gasteiger partial charge < -0.3 is 15.6 Å². The van der Waals surface area contributed by atoms with Crippen LogP contribution in [0.4, 0.5) is 0 Å². The van der Waals surface area contributed by atoms with Crippen molar-refractivity contribution in [3.63, 3.8) is 0 Å². The zero-order chi connectivity index (χ0) is 9.68. The fourth-order valence-electron chi connectivity index (χ4n) is 1.24. The molecule has 1 aliphatic heterocycles. The van der Waals surface area contributed by atoms with Crippen molar-refractivity contribution in [2.75, 3.05) is 25.6 Å². The maximum Gasteiger partial charge on any atom is 0.0600 e. The van der Waals surface area contributed by atoms with E-state index in [0.29, 0.717) is 11.2 Å². The number of hydrogen-bond donors (Lipinski definition) is 2. The lowest BCUT2D eigenvalue weighted by atomic mass is 10.1. The van der Waals surface area contributed by atoms with Crippen molar-refractivity contribution in [2.45, 2.75) is 24.6 Å². The van der Waals surface area contributed by atoms with E-state index in [4.69, 9.17) is 15.6 Å². The maximum atomic E-state index is 8.85. The normalized spacial score (nSPS) is 31.6. The summed E-state index contributed by atoms with van der Waals surface area (Å²) in [6.07, 6.45) is 0.963. The van der Waals surface area contributed by atoms with Gasteiger partial charge in [-0.1, -0.05) is 6.92 Å². The lowest BCUT2D eigenvalue weighted by Gasteiger charge is -2.28. The molecule has 0 amide bonds. The predicted molar refractivity (Wildman–Crippen MR) is 55.9 cm³/mol. The van der Waals surface area contributed by atoms with E-state index in [2.05, 4.69) is 0 Å². The van der Waals surface area contributed by atoms with E-state index >= 15 is 0 Å². The van der Waals surface area contributed by atoms with Crippen molar-refractivity contribution in [1.29, 1.82) is 0 Å². The van der Waals surface area contributed by atoms with Gasteiger partial charge in [0.2, 0.25) is 0 Å². The maximum absolute atomic E-state index is 8.85. The Morgan fingerprint density at radius 3 is 3.08 bits per heavy atom. The van der Waals surface area contributed by atoms with Gasteiger partial charge in [0.05, 0.1) is 6.61 Å². The average molecular weight is 205 g/mol. The number of thioether (sulfide) groups is 1. The third-order valence-corrected chi connectivity index (χ3v) is 3.94. The first kappa shape index (κ1) is 11.3. The monoisotopic (exact) mass is 205 g/mol. The summed E-state index contributed by atoms with van der Waals surface area (Å²) in [5.74, 6) is 1.33. The fourth-order valence-corrected chi connectivity index (χ4v) is 2.50. The third kappa shape index (κ3) is 3.85. The number of aliphatic hydroxyl groups excluding tert-OH is 1. The van der Waals surface area contributed by atoms with Crippen LogP contribution in [0.1, 0.15) is 13.3 Å². The van der Waals surface area contributed by atoms with Gasteiger partial charge in [-0.25, -0.2) is 0 Å². The topological polar surface area (TPSA) is 55.5 Å². The largest absolute Gasteiger partial charge is 0.396 e. The van der Waals surface area contributed by atoms with Crippen LogP contribution in [0.25, 0.3) is 0 Å².